The summed E-state index contributed by atoms with van der Waals surface area (Å²) in [7, 11) is 1.48. The number of hydrogen-bond acceptors (Lipinski definition) is 8. The van der Waals surface area contributed by atoms with Crippen molar-refractivity contribution < 1.29 is 28.9 Å². The predicted octanol–water partition coefficient (Wildman–Crippen LogP) is 4.40. The first kappa shape index (κ1) is 26.9. The van der Waals surface area contributed by atoms with Crippen LogP contribution in [0.15, 0.2) is 46.0 Å². The number of aromatic nitrogens is 3. The van der Waals surface area contributed by atoms with Crippen LogP contribution in [0.1, 0.15) is 51.3 Å². The summed E-state index contributed by atoms with van der Waals surface area (Å²) in [5.74, 6) is -0.600. The molecular weight excluding hydrogens is 560 g/mol. The summed E-state index contributed by atoms with van der Waals surface area (Å²) in [6.45, 7) is 3.81. The van der Waals surface area contributed by atoms with Crippen LogP contribution in [-0.2, 0) is 9.59 Å². The van der Waals surface area contributed by atoms with Crippen LogP contribution in [-0.4, -0.2) is 35.3 Å². The van der Waals surface area contributed by atoms with Gasteiger partial charge in [-0.05, 0) is 43.4 Å². The number of carbonyl (C=O) groups is 2. The molecule has 4 rings (SSSR count). The maximum absolute atomic E-state index is 13.7. The van der Waals surface area contributed by atoms with E-state index in [1.807, 2.05) is 19.9 Å². The first-order valence-corrected chi connectivity index (χ1v) is 13.9. The number of ether oxygens (including phenoxy) is 2. The largest absolute Gasteiger partial charge is 0.854 e. The number of carbonyl (C=O) groups excluding carboxylic acids is 2. The Bertz CT molecular complexity index is 1350. The third-order valence-corrected chi connectivity index (χ3v) is 6.84. The molecule has 9 nitrogen and oxygen atoms in total. The van der Waals surface area contributed by atoms with Crippen LogP contribution in [0.3, 0.4) is 0 Å². The lowest BCUT2D eigenvalue weighted by Crippen LogP contribution is -2.59. The molecule has 1 aliphatic heterocycles. The second kappa shape index (κ2) is 11.5. The standard InChI is InChI=1S/C26H27BrN4O5S/c1-5-9-20(32)30-18-12-8-7-11-16(18)22-24(34)28-26(37-4)29-31(22)25(30)17-13-15(27)14-19(35-3)23(17)36-21(33)10-6-2/h7-8,11-14,25H,5-6,9-10H2,1-4H3. The third-order valence-electron chi connectivity index (χ3n) is 5.85. The summed E-state index contributed by atoms with van der Waals surface area (Å²) in [4.78, 5) is 32.1. The summed E-state index contributed by atoms with van der Waals surface area (Å²) in [6.07, 6.45) is 2.52. The fraction of sp³-hybridized carbons (Fsp3) is 0.346. The number of fused-ring (bicyclic) bond motifs is 3. The van der Waals surface area contributed by atoms with Gasteiger partial charge in [-0.3, -0.25) is 9.59 Å². The Balaban J connectivity index is 2.09. The lowest BCUT2D eigenvalue weighted by Gasteiger charge is -2.34. The van der Waals surface area contributed by atoms with Crippen molar-refractivity contribution in [3.8, 4) is 28.6 Å². The molecule has 0 spiro atoms. The fourth-order valence-electron chi connectivity index (χ4n) is 4.32. The maximum Gasteiger partial charge on any atom is 0.311 e. The fourth-order valence-corrected chi connectivity index (χ4v) is 5.11. The molecule has 37 heavy (non-hydrogen) atoms. The smallest absolute Gasteiger partial charge is 0.311 e. The number of halogens is 1. The van der Waals surface area contributed by atoms with Gasteiger partial charge in [0.1, 0.15) is 0 Å². The molecule has 0 saturated carbocycles. The second-order valence-electron chi connectivity index (χ2n) is 8.35. The molecule has 0 aliphatic carbocycles. The molecule has 0 N–H and O–H groups in total. The molecule has 0 fully saturated rings. The zero-order chi connectivity index (χ0) is 26.7. The molecule has 0 radical (unpaired) electrons. The van der Waals surface area contributed by atoms with E-state index in [0.29, 0.717) is 39.9 Å². The maximum atomic E-state index is 13.7. The average molecular weight is 587 g/mol. The van der Waals surface area contributed by atoms with E-state index in [0.717, 1.165) is 0 Å². The summed E-state index contributed by atoms with van der Waals surface area (Å²) in [5.41, 5.74) is 1.77. The van der Waals surface area contributed by atoms with Gasteiger partial charge in [-0.25, -0.2) is 9.88 Å². The van der Waals surface area contributed by atoms with E-state index in [4.69, 9.17) is 9.47 Å². The van der Waals surface area contributed by atoms with Crippen molar-refractivity contribution in [1.82, 2.24) is 10.1 Å². The van der Waals surface area contributed by atoms with E-state index in [1.165, 1.54) is 23.6 Å². The topological polar surface area (TPSA) is 109 Å². The Hall–Kier alpha value is -3.18. The quantitative estimate of drug-likeness (QED) is 0.165. The zero-order valence-corrected chi connectivity index (χ0v) is 23.4. The highest BCUT2D eigenvalue weighted by molar-refractivity contribution is 9.10. The number of esters is 1. The van der Waals surface area contributed by atoms with Crippen molar-refractivity contribution in [2.24, 2.45) is 0 Å². The van der Waals surface area contributed by atoms with Crippen molar-refractivity contribution >= 4 is 45.3 Å². The monoisotopic (exact) mass is 586 g/mol. The summed E-state index contributed by atoms with van der Waals surface area (Å²) in [5, 5.41) is 18.2. The Labute approximate surface area is 227 Å². The molecule has 1 aromatic heterocycles. The van der Waals surface area contributed by atoms with E-state index in [-0.39, 0.29) is 35.3 Å². The lowest BCUT2D eigenvalue weighted by molar-refractivity contribution is -0.764. The van der Waals surface area contributed by atoms with Gasteiger partial charge in [-0.15, -0.1) is 0 Å². The lowest BCUT2D eigenvalue weighted by atomic mass is 10.00. The minimum Gasteiger partial charge on any atom is -0.854 e. The highest BCUT2D eigenvalue weighted by Crippen LogP contribution is 2.46. The first-order valence-electron chi connectivity index (χ1n) is 11.9. The SMILES string of the molecule is CCCC(=O)Oc1c(OC)cc(Br)cc1C1N(C(=O)CCC)c2ccccc2-c2c([O-])nc(SC)n[n+]21. The number of anilines is 1. The molecule has 1 aliphatic rings. The molecule has 2 aromatic carbocycles. The highest BCUT2D eigenvalue weighted by atomic mass is 79.9. The van der Waals surface area contributed by atoms with Gasteiger partial charge in [0.2, 0.25) is 5.91 Å². The second-order valence-corrected chi connectivity index (χ2v) is 10.0. The van der Waals surface area contributed by atoms with Gasteiger partial charge in [0.25, 0.3) is 17.0 Å². The van der Waals surface area contributed by atoms with Crippen LogP contribution in [0.2, 0.25) is 0 Å². The van der Waals surface area contributed by atoms with Crippen LogP contribution in [0.25, 0.3) is 11.3 Å². The molecule has 1 amide bonds. The minimum atomic E-state index is -0.943. The van der Waals surface area contributed by atoms with Crippen molar-refractivity contribution in [1.29, 1.82) is 0 Å². The van der Waals surface area contributed by atoms with E-state index in [9.17, 15) is 14.7 Å². The van der Waals surface area contributed by atoms with Gasteiger partial charge in [0, 0.05) is 22.4 Å². The average Bonchev–Trinajstić information content (AvgIpc) is 2.88. The van der Waals surface area contributed by atoms with Crippen LogP contribution >= 0.6 is 27.7 Å². The normalized spacial score (nSPS) is 14.1. The number of para-hydroxylation sites is 1. The van der Waals surface area contributed by atoms with Crippen molar-refractivity contribution in [2.45, 2.75) is 50.9 Å². The van der Waals surface area contributed by atoms with Crippen LogP contribution in [0.4, 0.5) is 5.69 Å². The summed E-state index contributed by atoms with van der Waals surface area (Å²) >= 11 is 4.74. The Kier molecular flexibility index (Phi) is 8.33. The summed E-state index contributed by atoms with van der Waals surface area (Å²) < 4.78 is 13.6. The molecule has 2 heterocycles. The Morgan fingerprint density at radius 2 is 1.92 bits per heavy atom. The highest BCUT2D eigenvalue weighted by Gasteiger charge is 2.46. The van der Waals surface area contributed by atoms with Gasteiger partial charge in [0.05, 0.1) is 29.8 Å². The van der Waals surface area contributed by atoms with Gasteiger partial charge in [-0.1, -0.05) is 58.4 Å². The molecule has 1 unspecified atom stereocenters. The summed E-state index contributed by atoms with van der Waals surface area (Å²) in [6, 6.07) is 10.6. The van der Waals surface area contributed by atoms with E-state index >= 15 is 0 Å². The number of rotatable bonds is 8. The number of nitrogens with zero attached hydrogens (tertiary/aromatic N) is 4. The van der Waals surface area contributed by atoms with E-state index in [1.54, 1.807) is 41.5 Å². The minimum absolute atomic E-state index is 0.165. The van der Waals surface area contributed by atoms with Crippen molar-refractivity contribution in [3.05, 3.63) is 46.4 Å². The number of hydrogen-bond donors (Lipinski definition) is 0. The van der Waals surface area contributed by atoms with Gasteiger partial charge in [0.15, 0.2) is 11.5 Å². The van der Waals surface area contributed by atoms with Gasteiger partial charge >= 0.3 is 5.97 Å². The molecule has 0 saturated heterocycles. The van der Waals surface area contributed by atoms with Gasteiger partial charge < -0.3 is 14.6 Å². The molecule has 0 bridgehead atoms. The van der Waals surface area contributed by atoms with Crippen LogP contribution < -0.4 is 24.2 Å². The molecule has 11 heteroatoms. The van der Waals surface area contributed by atoms with Crippen molar-refractivity contribution in [2.75, 3.05) is 18.3 Å². The van der Waals surface area contributed by atoms with Gasteiger partial charge in [-0.2, -0.15) is 0 Å². The van der Waals surface area contributed by atoms with E-state index in [2.05, 4.69) is 26.0 Å². The predicted molar refractivity (Wildman–Crippen MR) is 141 cm³/mol. The number of amides is 1. The zero-order valence-electron chi connectivity index (χ0n) is 21.0. The molecule has 194 valence electrons. The van der Waals surface area contributed by atoms with Crippen LogP contribution in [0.5, 0.6) is 17.4 Å². The Morgan fingerprint density at radius 1 is 1.19 bits per heavy atom. The Morgan fingerprint density at radius 3 is 2.59 bits per heavy atom. The van der Waals surface area contributed by atoms with Crippen molar-refractivity contribution in [3.63, 3.8) is 0 Å². The molecular formula is C26H27BrN4O5S. The molecule has 3 aromatic rings. The first-order chi connectivity index (χ1) is 17.8. The number of benzene rings is 2. The van der Waals surface area contributed by atoms with E-state index < -0.39 is 18.0 Å². The van der Waals surface area contributed by atoms with Crippen LogP contribution in [0, 0.1) is 0 Å². The third kappa shape index (κ3) is 5.15. The molecule has 1 atom stereocenters. The number of methoxy groups -OCH3 is 1. The number of thioether (sulfide) groups is 1.